The highest BCUT2D eigenvalue weighted by Crippen LogP contribution is 2.36. The number of imide groups is 1. The van der Waals surface area contributed by atoms with E-state index in [2.05, 4.69) is 46.2 Å². The first-order valence-electron chi connectivity index (χ1n) is 17.2. The van der Waals surface area contributed by atoms with Crippen LogP contribution in [-0.4, -0.2) is 80.4 Å². The first kappa shape index (κ1) is 34.3. The fraction of sp³-hybridized carbons (Fsp3) is 0.359. The number of piperidine rings is 1. The molecule has 12 heteroatoms. The maximum Gasteiger partial charge on any atom is 0.262 e. The lowest BCUT2D eigenvalue weighted by molar-refractivity contribution is -0.0413. The maximum absolute atomic E-state index is 13.4. The van der Waals surface area contributed by atoms with Gasteiger partial charge in [-0.2, -0.15) is 0 Å². The van der Waals surface area contributed by atoms with Gasteiger partial charge in [-0.15, -0.1) is 0 Å². The first-order chi connectivity index (χ1) is 24.5. The second-order valence-corrected chi connectivity index (χ2v) is 13.8. The van der Waals surface area contributed by atoms with Gasteiger partial charge in [0.1, 0.15) is 37.2 Å². The average molecular weight is 692 g/mol. The van der Waals surface area contributed by atoms with Gasteiger partial charge in [0.05, 0.1) is 28.9 Å². The van der Waals surface area contributed by atoms with Gasteiger partial charge in [-0.05, 0) is 78.9 Å². The molecule has 3 aliphatic rings. The Morgan fingerprint density at radius 2 is 1.55 bits per heavy atom. The number of amides is 2. The van der Waals surface area contributed by atoms with Crippen LogP contribution in [0.4, 0.5) is 5.69 Å². The summed E-state index contributed by atoms with van der Waals surface area (Å²) in [4.78, 5) is 49.6. The lowest BCUT2D eigenvalue weighted by Gasteiger charge is -2.42. The summed E-state index contributed by atoms with van der Waals surface area (Å²) >= 11 is 0. The number of aliphatic hydroxyl groups excluding tert-OH is 2. The summed E-state index contributed by atoms with van der Waals surface area (Å²) in [5, 5.41) is 22.8. The molecule has 3 unspecified atom stereocenters. The van der Waals surface area contributed by atoms with Crippen molar-refractivity contribution >= 4 is 23.3 Å². The van der Waals surface area contributed by atoms with Crippen molar-refractivity contribution in [1.29, 1.82) is 0 Å². The van der Waals surface area contributed by atoms with Gasteiger partial charge in [-0.1, -0.05) is 38.1 Å². The number of nitrogens with zero attached hydrogens (tertiary/aromatic N) is 4. The number of Topliss-reactive ketones (excluding diaryl/α,β-unsaturated/α-hetero) is 1. The number of benzene rings is 3. The monoisotopic (exact) mass is 691 g/mol. The highest BCUT2D eigenvalue weighted by atomic mass is 16.5. The first-order valence-corrected chi connectivity index (χ1v) is 17.2. The van der Waals surface area contributed by atoms with Gasteiger partial charge in [0, 0.05) is 30.8 Å². The number of hydrogen-bond donors (Lipinski definition) is 3. The van der Waals surface area contributed by atoms with E-state index in [1.54, 1.807) is 24.4 Å². The Balaban J connectivity index is 0.941. The minimum absolute atomic E-state index is 0.111. The minimum Gasteiger partial charge on any atom is -0.491 e. The number of hydrogen-bond acceptors (Lipinski definition) is 11. The number of anilines is 1. The molecule has 1 aromatic heterocycles. The van der Waals surface area contributed by atoms with Gasteiger partial charge in [0.15, 0.2) is 11.6 Å². The fourth-order valence-corrected chi connectivity index (χ4v) is 6.93. The van der Waals surface area contributed by atoms with Crippen LogP contribution >= 0.6 is 0 Å². The number of nitrogens with one attached hydrogen (secondary N) is 1. The normalized spacial score (nSPS) is 21.7. The van der Waals surface area contributed by atoms with Crippen molar-refractivity contribution in [2.75, 3.05) is 18.1 Å². The lowest BCUT2D eigenvalue weighted by Crippen LogP contribution is -2.58. The molecular weight excluding hydrogens is 650 g/mol. The van der Waals surface area contributed by atoms with E-state index in [4.69, 9.17) is 9.47 Å². The number of ether oxygens (including phenoxy) is 2. The summed E-state index contributed by atoms with van der Waals surface area (Å²) in [6.45, 7) is 7.28. The summed E-state index contributed by atoms with van der Waals surface area (Å²) in [6, 6.07) is 22.5. The van der Waals surface area contributed by atoms with Gasteiger partial charge < -0.3 is 24.6 Å². The zero-order chi connectivity index (χ0) is 35.9. The van der Waals surface area contributed by atoms with Crippen molar-refractivity contribution in [1.82, 2.24) is 20.2 Å². The zero-order valence-corrected chi connectivity index (χ0v) is 28.8. The van der Waals surface area contributed by atoms with E-state index in [0.29, 0.717) is 42.0 Å². The molecule has 4 aromatic rings. The van der Waals surface area contributed by atoms with Crippen molar-refractivity contribution in [3.05, 3.63) is 113 Å². The van der Waals surface area contributed by atoms with Crippen LogP contribution in [0.3, 0.4) is 0 Å². The molecule has 12 nitrogen and oxygen atoms in total. The van der Waals surface area contributed by atoms with Crippen LogP contribution < -0.4 is 19.7 Å². The number of rotatable bonds is 11. The van der Waals surface area contributed by atoms with Crippen molar-refractivity contribution in [2.45, 2.75) is 76.6 Å². The standard InChI is InChI=1S/C39H41N5O7/c1-23(45)35-40-18-16-26(41-35)21-50-29-9-4-24(5-10-29)39(2,3)25-6-11-30(12-7-25)51-22-28-17-19-43(28)27-8-13-31-32(20-27)38(49)44(37(31)48)33-14-15-34(46)42-36(33)47/h4-13,16,18,20,28,33-34,36,42,46-47H,14-15,17,19,21-22H2,1-3H3/t28-,33?,34?,36?/m1/s1. The topological polar surface area (TPSA) is 154 Å². The van der Waals surface area contributed by atoms with Crippen LogP contribution in [0.1, 0.15) is 88.2 Å². The molecule has 3 aromatic carbocycles. The van der Waals surface area contributed by atoms with E-state index in [1.807, 2.05) is 42.5 Å². The van der Waals surface area contributed by atoms with Crippen LogP contribution in [0.25, 0.3) is 0 Å². The number of carbonyl (C=O) groups excluding carboxylic acids is 3. The SMILES string of the molecule is CC(=O)c1nccc(COc2ccc(C(C)(C)c3ccc(OC[C@H]4CCN4c4ccc5c(c4)C(=O)N(C4CCC(O)NC4O)C5=O)cc3)cc2)n1. The van der Waals surface area contributed by atoms with Crippen LogP contribution in [0, 0.1) is 0 Å². The van der Waals surface area contributed by atoms with Crippen molar-refractivity contribution < 1.29 is 34.1 Å². The fourth-order valence-electron chi connectivity index (χ4n) is 6.93. The Morgan fingerprint density at radius 3 is 2.18 bits per heavy atom. The Bertz CT molecular complexity index is 1950. The number of aliphatic hydroxyl groups is 2. The zero-order valence-electron chi connectivity index (χ0n) is 28.8. The molecular formula is C39H41N5O7. The molecule has 0 spiro atoms. The molecule has 2 amide bonds. The lowest BCUT2D eigenvalue weighted by atomic mass is 9.78. The quantitative estimate of drug-likeness (QED) is 0.153. The smallest absolute Gasteiger partial charge is 0.262 e. The third kappa shape index (κ3) is 6.82. The Labute approximate surface area is 296 Å². The van der Waals surface area contributed by atoms with Crippen molar-refractivity contribution in [3.63, 3.8) is 0 Å². The van der Waals surface area contributed by atoms with Crippen molar-refractivity contribution in [2.24, 2.45) is 0 Å². The molecule has 0 aliphatic carbocycles. The molecule has 51 heavy (non-hydrogen) atoms. The van der Waals surface area contributed by atoms with Gasteiger partial charge in [0.25, 0.3) is 11.8 Å². The van der Waals surface area contributed by atoms with E-state index >= 15 is 0 Å². The average Bonchev–Trinajstić information content (AvgIpc) is 3.35. The Hall–Kier alpha value is -5.17. The van der Waals surface area contributed by atoms with Gasteiger partial charge >= 0.3 is 0 Å². The van der Waals surface area contributed by atoms with E-state index in [1.165, 1.54) is 6.92 Å². The highest BCUT2D eigenvalue weighted by molar-refractivity contribution is 6.22. The molecule has 2 saturated heterocycles. The summed E-state index contributed by atoms with van der Waals surface area (Å²) in [5.41, 5.74) is 4.11. The summed E-state index contributed by atoms with van der Waals surface area (Å²) < 4.78 is 12.1. The Morgan fingerprint density at radius 1 is 0.882 bits per heavy atom. The number of ketones is 1. The molecule has 2 fully saturated rings. The molecule has 4 heterocycles. The summed E-state index contributed by atoms with van der Waals surface area (Å²) in [5.74, 6) is 0.597. The van der Waals surface area contributed by atoms with Gasteiger partial charge in [-0.25, -0.2) is 9.97 Å². The molecule has 0 radical (unpaired) electrons. The predicted molar refractivity (Wildman–Crippen MR) is 188 cm³/mol. The minimum atomic E-state index is -1.19. The molecule has 3 aliphatic heterocycles. The molecule has 0 saturated carbocycles. The predicted octanol–water partition coefficient (Wildman–Crippen LogP) is 4.23. The van der Waals surface area contributed by atoms with Crippen LogP contribution in [-0.2, 0) is 12.0 Å². The third-order valence-corrected chi connectivity index (χ3v) is 10.2. The maximum atomic E-state index is 13.4. The second kappa shape index (κ2) is 13.9. The van der Waals surface area contributed by atoms with Crippen LogP contribution in [0.2, 0.25) is 0 Å². The largest absolute Gasteiger partial charge is 0.491 e. The van der Waals surface area contributed by atoms with Gasteiger partial charge in [-0.3, -0.25) is 24.6 Å². The highest BCUT2D eigenvalue weighted by Gasteiger charge is 2.45. The van der Waals surface area contributed by atoms with E-state index in [-0.39, 0.29) is 29.7 Å². The van der Waals surface area contributed by atoms with Crippen LogP contribution in [0.15, 0.2) is 79.0 Å². The van der Waals surface area contributed by atoms with E-state index in [0.717, 1.165) is 40.4 Å². The molecule has 4 atom stereocenters. The van der Waals surface area contributed by atoms with Crippen LogP contribution in [0.5, 0.6) is 11.5 Å². The number of fused-ring (bicyclic) bond motifs is 1. The molecule has 7 rings (SSSR count). The van der Waals surface area contributed by atoms with E-state index in [9.17, 15) is 24.6 Å². The second-order valence-electron chi connectivity index (χ2n) is 13.8. The van der Waals surface area contributed by atoms with E-state index < -0.39 is 30.3 Å². The number of carbonyl (C=O) groups is 3. The number of aromatic nitrogens is 2. The van der Waals surface area contributed by atoms with Gasteiger partial charge in [0.2, 0.25) is 0 Å². The molecule has 0 bridgehead atoms. The van der Waals surface area contributed by atoms with Crippen molar-refractivity contribution in [3.8, 4) is 11.5 Å². The third-order valence-electron chi connectivity index (χ3n) is 10.2. The Kier molecular flexibility index (Phi) is 9.32. The summed E-state index contributed by atoms with van der Waals surface area (Å²) in [6.07, 6.45) is 1.08. The summed E-state index contributed by atoms with van der Waals surface area (Å²) in [7, 11) is 0. The molecule has 264 valence electrons. The molecule has 3 N–H and O–H groups in total.